The molecule has 1 saturated heterocycles. The van der Waals surface area contributed by atoms with E-state index in [1.165, 1.54) is 12.2 Å². The number of allylic oxidation sites excluding steroid dienone is 1. The highest BCUT2D eigenvalue weighted by atomic mass is 35.5. The van der Waals surface area contributed by atoms with Gasteiger partial charge in [-0.15, -0.1) is 0 Å². The van der Waals surface area contributed by atoms with Crippen molar-refractivity contribution in [2.24, 2.45) is 0 Å². The van der Waals surface area contributed by atoms with E-state index in [1.54, 1.807) is 6.92 Å². The van der Waals surface area contributed by atoms with Crippen molar-refractivity contribution in [2.75, 3.05) is 0 Å². The molecule has 0 amide bonds. The number of esters is 1. The van der Waals surface area contributed by atoms with Gasteiger partial charge < -0.3 is 29.9 Å². The van der Waals surface area contributed by atoms with Crippen molar-refractivity contribution in [3.63, 3.8) is 0 Å². The van der Waals surface area contributed by atoms with E-state index in [2.05, 4.69) is 0 Å². The average molecular weight is 383 g/mol. The predicted octanol–water partition coefficient (Wildman–Crippen LogP) is 2.67. The van der Waals surface area contributed by atoms with Gasteiger partial charge in [0, 0.05) is 24.5 Å². The third-order valence-electron chi connectivity index (χ3n) is 4.28. The van der Waals surface area contributed by atoms with E-state index < -0.39 is 29.7 Å². The van der Waals surface area contributed by atoms with Crippen molar-refractivity contribution in [1.82, 2.24) is 0 Å². The number of hydrogen-bond acceptors (Lipinski definition) is 7. The standard InChI is InChI=1S/C18H19ClO7/c1-8-4-14-15(26-14)6-10(21)3-2-9(20)5-11-16(18(24)25-8)12(22)7-13(23)17(11)19/h2-3,5,7-8,10,14-15,20-23H,4,6H2,1H3/t8-,10-,14+,15+/m1/s1. The van der Waals surface area contributed by atoms with Crippen LogP contribution in [0.5, 0.6) is 11.5 Å². The van der Waals surface area contributed by atoms with Crippen LogP contribution in [0.15, 0.2) is 24.0 Å². The number of aliphatic hydroxyl groups excluding tert-OH is 2. The monoisotopic (exact) mass is 382 g/mol. The van der Waals surface area contributed by atoms with E-state index in [9.17, 15) is 25.2 Å². The molecule has 4 N–H and O–H groups in total. The van der Waals surface area contributed by atoms with E-state index in [0.717, 1.165) is 12.1 Å². The molecule has 4 atom stereocenters. The van der Waals surface area contributed by atoms with Gasteiger partial charge in [0.1, 0.15) is 28.9 Å². The van der Waals surface area contributed by atoms with Gasteiger partial charge in [0.15, 0.2) is 0 Å². The molecule has 0 saturated carbocycles. The van der Waals surface area contributed by atoms with Gasteiger partial charge in [0.2, 0.25) is 0 Å². The molecule has 7 nitrogen and oxygen atoms in total. The topological polar surface area (TPSA) is 120 Å². The van der Waals surface area contributed by atoms with Crippen molar-refractivity contribution in [2.45, 2.75) is 44.2 Å². The molecule has 140 valence electrons. The van der Waals surface area contributed by atoms with Crippen LogP contribution in [0.1, 0.15) is 35.7 Å². The Labute approximate surface area is 154 Å². The molecule has 0 bridgehead atoms. The molecule has 26 heavy (non-hydrogen) atoms. The molecule has 1 aromatic carbocycles. The van der Waals surface area contributed by atoms with E-state index in [1.807, 2.05) is 0 Å². The fraction of sp³-hybridized carbons (Fsp3) is 0.389. The number of epoxide rings is 1. The Morgan fingerprint density at radius 2 is 1.85 bits per heavy atom. The molecule has 0 aliphatic carbocycles. The Balaban J connectivity index is 2.06. The Hall–Kier alpha value is -2.22. The molecule has 1 aromatic rings. The maximum absolute atomic E-state index is 12.5. The summed E-state index contributed by atoms with van der Waals surface area (Å²) in [6, 6.07) is 0.931. The number of carbonyl (C=O) groups is 1. The van der Waals surface area contributed by atoms with Gasteiger partial charge in [0.25, 0.3) is 0 Å². The highest BCUT2D eigenvalue weighted by Gasteiger charge is 2.41. The number of fused-ring (bicyclic) bond motifs is 2. The SMILES string of the molecule is C[C@@H]1C[C@@H]2O[C@H]2C[C@H](O)C=CC(O)=Cc2c(Cl)c(O)cc(O)c2C(=O)O1. The second-order valence-electron chi connectivity index (χ2n) is 6.41. The largest absolute Gasteiger partial charge is 0.508 e. The Morgan fingerprint density at radius 3 is 2.58 bits per heavy atom. The summed E-state index contributed by atoms with van der Waals surface area (Å²) >= 11 is 6.04. The number of ether oxygens (including phenoxy) is 2. The van der Waals surface area contributed by atoms with Crippen molar-refractivity contribution >= 4 is 23.6 Å². The summed E-state index contributed by atoms with van der Waals surface area (Å²) in [4.78, 5) is 12.5. The highest BCUT2D eigenvalue weighted by Crippen LogP contribution is 2.38. The number of phenols is 2. The summed E-state index contributed by atoms with van der Waals surface area (Å²) in [5.41, 5.74) is -0.360. The van der Waals surface area contributed by atoms with Crippen LogP contribution in [0.4, 0.5) is 0 Å². The Bertz CT molecular complexity index is 786. The van der Waals surface area contributed by atoms with E-state index >= 15 is 0 Å². The normalized spacial score (nSPS) is 29.0. The number of rotatable bonds is 0. The molecular formula is C18H19ClO7. The number of halogens is 1. The second kappa shape index (κ2) is 7.19. The number of cyclic esters (lactones) is 1. The summed E-state index contributed by atoms with van der Waals surface area (Å²) in [5.74, 6) is -2.15. The van der Waals surface area contributed by atoms with Gasteiger partial charge in [-0.3, -0.25) is 0 Å². The first-order valence-electron chi connectivity index (χ1n) is 8.14. The van der Waals surface area contributed by atoms with Crippen molar-refractivity contribution in [1.29, 1.82) is 0 Å². The summed E-state index contributed by atoms with van der Waals surface area (Å²) in [7, 11) is 0. The molecule has 0 radical (unpaired) electrons. The van der Waals surface area contributed by atoms with Crippen LogP contribution < -0.4 is 0 Å². The number of aromatic hydroxyl groups is 2. The zero-order chi connectivity index (χ0) is 19.0. The summed E-state index contributed by atoms with van der Waals surface area (Å²) in [6.45, 7) is 1.69. The third kappa shape index (κ3) is 3.95. The first-order chi connectivity index (χ1) is 12.3. The van der Waals surface area contributed by atoms with Crippen LogP contribution in [0.3, 0.4) is 0 Å². The molecule has 2 heterocycles. The van der Waals surface area contributed by atoms with E-state index in [0.29, 0.717) is 12.8 Å². The molecular weight excluding hydrogens is 364 g/mol. The lowest BCUT2D eigenvalue weighted by Crippen LogP contribution is -2.19. The quantitative estimate of drug-likeness (QED) is 0.402. The molecule has 0 unspecified atom stereocenters. The van der Waals surface area contributed by atoms with Crippen molar-refractivity contribution in [3.05, 3.63) is 40.1 Å². The lowest BCUT2D eigenvalue weighted by atomic mass is 10.0. The van der Waals surface area contributed by atoms with Crippen LogP contribution in [0.2, 0.25) is 5.02 Å². The highest BCUT2D eigenvalue weighted by molar-refractivity contribution is 6.34. The number of benzene rings is 1. The first-order valence-corrected chi connectivity index (χ1v) is 8.52. The van der Waals surface area contributed by atoms with Crippen LogP contribution in [0.25, 0.3) is 6.08 Å². The zero-order valence-electron chi connectivity index (χ0n) is 13.9. The lowest BCUT2D eigenvalue weighted by molar-refractivity contribution is 0.0306. The predicted molar refractivity (Wildman–Crippen MR) is 93.3 cm³/mol. The van der Waals surface area contributed by atoms with E-state index in [4.69, 9.17) is 21.1 Å². The molecule has 0 spiro atoms. The van der Waals surface area contributed by atoms with Gasteiger partial charge in [-0.1, -0.05) is 17.7 Å². The molecule has 8 heteroatoms. The number of aliphatic hydroxyl groups is 2. The zero-order valence-corrected chi connectivity index (χ0v) is 14.7. The van der Waals surface area contributed by atoms with E-state index in [-0.39, 0.29) is 34.1 Å². The molecule has 1 fully saturated rings. The fourth-order valence-electron chi connectivity index (χ4n) is 2.93. The summed E-state index contributed by atoms with van der Waals surface area (Å²) in [5, 5.41) is 39.7. The summed E-state index contributed by atoms with van der Waals surface area (Å²) in [6.07, 6.45) is 2.91. The number of phenolic OH excluding ortho intramolecular Hbond substituents is 2. The smallest absolute Gasteiger partial charge is 0.342 e. The maximum atomic E-state index is 12.5. The average Bonchev–Trinajstić information content (AvgIpc) is 3.26. The van der Waals surface area contributed by atoms with Crippen LogP contribution >= 0.6 is 11.6 Å². The van der Waals surface area contributed by atoms with Gasteiger partial charge in [-0.2, -0.15) is 0 Å². The maximum Gasteiger partial charge on any atom is 0.342 e. The Morgan fingerprint density at radius 1 is 1.15 bits per heavy atom. The second-order valence-corrected chi connectivity index (χ2v) is 6.79. The van der Waals surface area contributed by atoms with Crippen LogP contribution in [-0.4, -0.2) is 50.8 Å². The van der Waals surface area contributed by atoms with Gasteiger partial charge in [-0.25, -0.2) is 4.79 Å². The lowest BCUT2D eigenvalue weighted by Gasteiger charge is -2.16. The molecule has 0 aromatic heterocycles. The van der Waals surface area contributed by atoms with Gasteiger partial charge in [-0.05, 0) is 19.1 Å². The minimum atomic E-state index is -0.839. The van der Waals surface area contributed by atoms with Crippen molar-refractivity contribution in [3.8, 4) is 11.5 Å². The van der Waals surface area contributed by atoms with Gasteiger partial charge >= 0.3 is 5.97 Å². The Kier molecular flexibility index (Phi) is 5.13. The number of hydrogen-bond donors (Lipinski definition) is 4. The molecule has 2 aliphatic rings. The number of carbonyl (C=O) groups excluding carboxylic acids is 1. The molecule has 3 rings (SSSR count). The van der Waals surface area contributed by atoms with Gasteiger partial charge in [0.05, 0.1) is 23.3 Å². The fourth-order valence-corrected chi connectivity index (χ4v) is 3.14. The van der Waals surface area contributed by atoms with Crippen molar-refractivity contribution < 1.29 is 34.7 Å². The minimum absolute atomic E-state index is 0.0874. The third-order valence-corrected chi connectivity index (χ3v) is 4.68. The first kappa shape index (κ1) is 18.6. The van der Waals surface area contributed by atoms with Crippen LogP contribution in [-0.2, 0) is 9.47 Å². The van der Waals surface area contributed by atoms with Crippen LogP contribution in [0, 0.1) is 0 Å². The molecule has 2 aliphatic heterocycles. The summed E-state index contributed by atoms with van der Waals surface area (Å²) < 4.78 is 10.8. The minimum Gasteiger partial charge on any atom is -0.508 e.